The maximum atomic E-state index is 2.47. The molecule has 0 amide bonds. The minimum atomic E-state index is 0.656. The number of fused-ring (bicyclic) bond motifs is 2. The summed E-state index contributed by atoms with van der Waals surface area (Å²) >= 11 is 0. The lowest BCUT2D eigenvalue weighted by Gasteiger charge is -2.43. The molecular formula is C15H26. The van der Waals surface area contributed by atoms with E-state index in [-0.39, 0.29) is 0 Å². The summed E-state index contributed by atoms with van der Waals surface area (Å²) in [5, 5.41) is 0. The highest BCUT2D eigenvalue weighted by Crippen LogP contribution is 2.61. The van der Waals surface area contributed by atoms with Gasteiger partial charge >= 0.3 is 0 Å². The second kappa shape index (κ2) is 3.25. The number of hydrogen-bond donors (Lipinski definition) is 0. The quantitative estimate of drug-likeness (QED) is 0.579. The molecule has 0 aliphatic heterocycles. The molecule has 3 aliphatic carbocycles. The highest BCUT2D eigenvalue weighted by atomic mass is 14.5. The van der Waals surface area contributed by atoms with E-state index in [1.807, 2.05) is 0 Å². The Balaban J connectivity index is 1.69. The molecule has 0 aromatic rings. The Hall–Kier alpha value is 0. The van der Waals surface area contributed by atoms with Gasteiger partial charge in [0.25, 0.3) is 0 Å². The van der Waals surface area contributed by atoms with Crippen molar-refractivity contribution in [3.8, 4) is 0 Å². The Morgan fingerprint density at radius 3 is 1.87 bits per heavy atom. The molecule has 0 saturated heterocycles. The normalized spacial score (nSPS) is 44.8. The molecular weight excluding hydrogens is 180 g/mol. The molecule has 0 aromatic heterocycles. The van der Waals surface area contributed by atoms with Crippen LogP contribution in [0.25, 0.3) is 0 Å². The standard InChI is InChI=1S/C15H26/c1-14(2)7-5-13(6-8-14)15-9-3-12(11-15)4-10-15/h12-13H,3-11H2,1-2H3. The first-order valence-electron chi connectivity index (χ1n) is 7.10. The van der Waals surface area contributed by atoms with Crippen LogP contribution in [0.3, 0.4) is 0 Å². The minimum absolute atomic E-state index is 0.656. The summed E-state index contributed by atoms with van der Waals surface area (Å²) in [6.45, 7) is 4.93. The molecule has 15 heavy (non-hydrogen) atoms. The van der Waals surface area contributed by atoms with Crippen molar-refractivity contribution in [3.05, 3.63) is 0 Å². The van der Waals surface area contributed by atoms with Crippen molar-refractivity contribution in [1.82, 2.24) is 0 Å². The van der Waals surface area contributed by atoms with Gasteiger partial charge in [0.1, 0.15) is 0 Å². The fourth-order valence-electron chi connectivity index (χ4n) is 4.82. The molecule has 0 heteroatoms. The fraction of sp³-hybridized carbons (Fsp3) is 1.00. The first kappa shape index (κ1) is 10.2. The van der Waals surface area contributed by atoms with Crippen molar-refractivity contribution in [2.75, 3.05) is 0 Å². The van der Waals surface area contributed by atoms with E-state index in [4.69, 9.17) is 0 Å². The van der Waals surface area contributed by atoms with E-state index in [9.17, 15) is 0 Å². The van der Waals surface area contributed by atoms with Gasteiger partial charge in [-0.05, 0) is 80.5 Å². The van der Waals surface area contributed by atoms with Gasteiger partial charge < -0.3 is 0 Å². The Morgan fingerprint density at radius 1 is 0.800 bits per heavy atom. The van der Waals surface area contributed by atoms with Crippen LogP contribution in [0.2, 0.25) is 0 Å². The van der Waals surface area contributed by atoms with Crippen molar-refractivity contribution in [2.45, 2.75) is 71.6 Å². The molecule has 3 saturated carbocycles. The van der Waals surface area contributed by atoms with Crippen molar-refractivity contribution in [3.63, 3.8) is 0 Å². The second-order valence-electron chi connectivity index (χ2n) is 7.45. The minimum Gasteiger partial charge on any atom is -0.0599 e. The predicted molar refractivity (Wildman–Crippen MR) is 64.7 cm³/mol. The first-order chi connectivity index (χ1) is 7.10. The van der Waals surface area contributed by atoms with Gasteiger partial charge in [0, 0.05) is 0 Å². The van der Waals surface area contributed by atoms with Crippen LogP contribution in [-0.4, -0.2) is 0 Å². The fourth-order valence-corrected chi connectivity index (χ4v) is 4.82. The van der Waals surface area contributed by atoms with Crippen LogP contribution < -0.4 is 0 Å². The van der Waals surface area contributed by atoms with Gasteiger partial charge in [0.2, 0.25) is 0 Å². The summed E-state index contributed by atoms with van der Waals surface area (Å²) < 4.78 is 0. The van der Waals surface area contributed by atoms with Gasteiger partial charge in [-0.1, -0.05) is 13.8 Å². The summed E-state index contributed by atoms with van der Waals surface area (Å²) in [4.78, 5) is 0. The van der Waals surface area contributed by atoms with E-state index < -0.39 is 0 Å². The van der Waals surface area contributed by atoms with Gasteiger partial charge in [-0.25, -0.2) is 0 Å². The lowest BCUT2D eigenvalue weighted by atomic mass is 9.62. The summed E-state index contributed by atoms with van der Waals surface area (Å²) in [5.74, 6) is 2.25. The summed E-state index contributed by atoms with van der Waals surface area (Å²) in [6.07, 6.45) is 14.0. The van der Waals surface area contributed by atoms with Crippen LogP contribution in [0.4, 0.5) is 0 Å². The lowest BCUT2D eigenvalue weighted by molar-refractivity contribution is 0.0784. The molecule has 0 atom stereocenters. The van der Waals surface area contributed by atoms with Crippen LogP contribution in [0.5, 0.6) is 0 Å². The van der Waals surface area contributed by atoms with Crippen molar-refractivity contribution < 1.29 is 0 Å². The zero-order valence-electron chi connectivity index (χ0n) is 10.5. The Morgan fingerprint density at radius 2 is 1.40 bits per heavy atom. The molecule has 0 unspecified atom stereocenters. The molecule has 0 nitrogen and oxygen atoms in total. The smallest absolute Gasteiger partial charge is 0.0266 e. The Labute approximate surface area is 94.8 Å². The van der Waals surface area contributed by atoms with E-state index in [1.165, 1.54) is 12.8 Å². The van der Waals surface area contributed by atoms with Gasteiger partial charge in [0.15, 0.2) is 0 Å². The van der Waals surface area contributed by atoms with E-state index in [1.54, 1.807) is 44.9 Å². The van der Waals surface area contributed by atoms with Gasteiger partial charge in [-0.2, -0.15) is 0 Å². The third-order valence-corrected chi connectivity index (χ3v) is 6.00. The zero-order chi connectivity index (χ0) is 10.5. The molecule has 0 aromatic carbocycles. The average Bonchev–Trinajstić information content (AvgIpc) is 2.78. The Bertz CT molecular complexity index is 233. The monoisotopic (exact) mass is 206 g/mol. The molecule has 86 valence electrons. The topological polar surface area (TPSA) is 0 Å². The molecule has 3 rings (SSSR count). The van der Waals surface area contributed by atoms with E-state index in [0.29, 0.717) is 5.41 Å². The van der Waals surface area contributed by atoms with Crippen LogP contribution >= 0.6 is 0 Å². The van der Waals surface area contributed by atoms with Crippen LogP contribution in [0.1, 0.15) is 71.6 Å². The third kappa shape index (κ3) is 1.65. The summed E-state index contributed by atoms with van der Waals surface area (Å²) in [5.41, 5.74) is 1.50. The lowest BCUT2D eigenvalue weighted by Crippen LogP contribution is -2.32. The maximum absolute atomic E-state index is 2.47. The number of hydrogen-bond acceptors (Lipinski definition) is 0. The highest BCUT2D eigenvalue weighted by Gasteiger charge is 2.50. The number of rotatable bonds is 1. The summed E-state index contributed by atoms with van der Waals surface area (Å²) in [7, 11) is 0. The van der Waals surface area contributed by atoms with E-state index >= 15 is 0 Å². The second-order valence-corrected chi connectivity index (χ2v) is 7.45. The predicted octanol–water partition coefficient (Wildman–Crippen LogP) is 4.78. The molecule has 2 bridgehead atoms. The molecule has 0 N–H and O–H groups in total. The average molecular weight is 206 g/mol. The molecule has 3 fully saturated rings. The molecule has 0 heterocycles. The molecule has 3 aliphatic rings. The van der Waals surface area contributed by atoms with Crippen molar-refractivity contribution in [1.29, 1.82) is 0 Å². The van der Waals surface area contributed by atoms with Crippen molar-refractivity contribution >= 4 is 0 Å². The Kier molecular flexibility index (Phi) is 2.20. The van der Waals surface area contributed by atoms with Crippen LogP contribution in [0.15, 0.2) is 0 Å². The summed E-state index contributed by atoms with van der Waals surface area (Å²) in [6, 6.07) is 0. The van der Waals surface area contributed by atoms with Gasteiger partial charge in [-0.15, -0.1) is 0 Å². The van der Waals surface area contributed by atoms with Crippen LogP contribution in [-0.2, 0) is 0 Å². The molecule has 0 radical (unpaired) electrons. The molecule has 0 spiro atoms. The maximum Gasteiger partial charge on any atom is -0.0266 e. The van der Waals surface area contributed by atoms with E-state index in [2.05, 4.69) is 13.8 Å². The highest BCUT2D eigenvalue weighted by molar-refractivity contribution is 5.01. The van der Waals surface area contributed by atoms with E-state index in [0.717, 1.165) is 17.3 Å². The SMILES string of the molecule is CC1(C)CCC(C23CCC(CC2)C3)CC1. The third-order valence-electron chi connectivity index (χ3n) is 6.00. The van der Waals surface area contributed by atoms with Crippen LogP contribution in [0, 0.1) is 22.7 Å². The first-order valence-corrected chi connectivity index (χ1v) is 7.10. The zero-order valence-corrected chi connectivity index (χ0v) is 10.5. The van der Waals surface area contributed by atoms with Gasteiger partial charge in [-0.3, -0.25) is 0 Å². The van der Waals surface area contributed by atoms with Gasteiger partial charge in [0.05, 0.1) is 0 Å². The largest absolute Gasteiger partial charge is 0.0599 e. The van der Waals surface area contributed by atoms with Crippen molar-refractivity contribution in [2.24, 2.45) is 22.7 Å².